The summed E-state index contributed by atoms with van der Waals surface area (Å²) in [5.41, 5.74) is 0.554. The van der Waals surface area contributed by atoms with Gasteiger partial charge in [0.15, 0.2) is 17.1 Å². The molecule has 0 bridgehead atoms. The van der Waals surface area contributed by atoms with E-state index in [2.05, 4.69) is 15.5 Å². The Morgan fingerprint density at radius 3 is 2.62 bits per heavy atom. The molecule has 2 aromatic carbocycles. The summed E-state index contributed by atoms with van der Waals surface area (Å²) in [6, 6.07) is 10.2. The van der Waals surface area contributed by atoms with E-state index < -0.39 is 6.10 Å². The molecule has 1 heterocycles. The van der Waals surface area contributed by atoms with Gasteiger partial charge in [0.05, 0.1) is 30.7 Å². The molecule has 8 nitrogen and oxygen atoms in total. The summed E-state index contributed by atoms with van der Waals surface area (Å²) in [7, 11) is 4.90. The fourth-order valence-corrected chi connectivity index (χ4v) is 3.88. The Morgan fingerprint density at radius 2 is 1.91 bits per heavy atom. The van der Waals surface area contributed by atoms with E-state index in [1.165, 1.54) is 18.9 Å². The lowest BCUT2D eigenvalue weighted by Gasteiger charge is -2.15. The van der Waals surface area contributed by atoms with E-state index in [9.17, 15) is 4.79 Å². The monoisotopic (exact) mass is 496 g/mol. The summed E-state index contributed by atoms with van der Waals surface area (Å²) in [6.45, 7) is 1.83. The highest BCUT2D eigenvalue weighted by Gasteiger charge is 2.19. The second-order valence-corrected chi connectivity index (χ2v) is 8.42. The lowest BCUT2D eigenvalue weighted by atomic mass is 10.2. The molecule has 170 valence electrons. The second kappa shape index (κ2) is 10.8. The number of carbonyl (C=O) groups excluding carboxylic acids is 1. The number of aromatic nitrogens is 3. The van der Waals surface area contributed by atoms with Gasteiger partial charge in [-0.1, -0.05) is 35.0 Å². The molecular weight excluding hydrogens is 475 g/mol. The molecule has 0 spiro atoms. The number of carbonyl (C=O) groups is 1. The molecule has 32 heavy (non-hydrogen) atoms. The van der Waals surface area contributed by atoms with Crippen LogP contribution in [0.1, 0.15) is 18.9 Å². The molecule has 3 rings (SSSR count). The number of nitrogens with zero attached hydrogens (tertiary/aromatic N) is 3. The van der Waals surface area contributed by atoms with Crippen LogP contribution in [-0.4, -0.2) is 40.6 Å². The molecule has 1 atom stereocenters. The van der Waals surface area contributed by atoms with Crippen molar-refractivity contribution in [2.24, 2.45) is 7.05 Å². The third-order valence-corrected chi connectivity index (χ3v) is 6.01. The quantitative estimate of drug-likeness (QED) is 0.416. The molecule has 0 saturated heterocycles. The van der Waals surface area contributed by atoms with Gasteiger partial charge in [0, 0.05) is 24.2 Å². The van der Waals surface area contributed by atoms with Crippen LogP contribution in [0.25, 0.3) is 0 Å². The number of amides is 1. The Bertz CT molecular complexity index is 1110. The minimum absolute atomic E-state index is 0.135. The molecule has 0 saturated carbocycles. The molecule has 11 heteroatoms. The van der Waals surface area contributed by atoms with Gasteiger partial charge in [-0.15, -0.1) is 10.2 Å². The van der Waals surface area contributed by atoms with E-state index in [-0.39, 0.29) is 11.7 Å². The van der Waals surface area contributed by atoms with Crippen molar-refractivity contribution in [2.75, 3.05) is 25.3 Å². The van der Waals surface area contributed by atoms with Crippen molar-refractivity contribution in [3.63, 3.8) is 0 Å². The Morgan fingerprint density at radius 1 is 1.12 bits per heavy atom. The third kappa shape index (κ3) is 5.79. The van der Waals surface area contributed by atoms with Gasteiger partial charge in [0.2, 0.25) is 5.91 Å². The summed E-state index contributed by atoms with van der Waals surface area (Å²) in [6.07, 6.45) is -0.435. The van der Waals surface area contributed by atoms with Crippen LogP contribution < -0.4 is 19.5 Å². The predicted molar refractivity (Wildman–Crippen MR) is 125 cm³/mol. The Kier molecular flexibility index (Phi) is 8.11. The molecule has 1 unspecified atom stereocenters. The van der Waals surface area contributed by atoms with E-state index in [0.29, 0.717) is 44.0 Å². The first-order valence-corrected chi connectivity index (χ1v) is 11.2. The largest absolute Gasteiger partial charge is 0.497 e. The number of rotatable bonds is 9. The van der Waals surface area contributed by atoms with Crippen molar-refractivity contribution in [3.8, 4) is 17.2 Å². The first-order chi connectivity index (χ1) is 15.3. The van der Waals surface area contributed by atoms with Crippen molar-refractivity contribution in [1.29, 1.82) is 0 Å². The molecular formula is C21H22Cl2N4O4S. The van der Waals surface area contributed by atoms with Crippen molar-refractivity contribution in [2.45, 2.75) is 18.2 Å². The number of benzene rings is 2. The maximum absolute atomic E-state index is 12.4. The van der Waals surface area contributed by atoms with Crippen LogP contribution in [0.2, 0.25) is 10.0 Å². The van der Waals surface area contributed by atoms with Crippen LogP contribution in [0.5, 0.6) is 17.2 Å². The van der Waals surface area contributed by atoms with Gasteiger partial charge in [0.1, 0.15) is 17.2 Å². The fraction of sp³-hybridized carbons (Fsp3) is 0.286. The maximum Gasteiger partial charge on any atom is 0.234 e. The van der Waals surface area contributed by atoms with Gasteiger partial charge in [-0.3, -0.25) is 4.79 Å². The van der Waals surface area contributed by atoms with Gasteiger partial charge >= 0.3 is 0 Å². The number of anilines is 1. The van der Waals surface area contributed by atoms with Crippen LogP contribution in [0.15, 0.2) is 41.6 Å². The zero-order valence-electron chi connectivity index (χ0n) is 17.9. The summed E-state index contributed by atoms with van der Waals surface area (Å²) >= 11 is 13.4. The number of ether oxygens (including phenoxy) is 3. The number of methoxy groups -OCH3 is 2. The van der Waals surface area contributed by atoms with E-state index in [1.54, 1.807) is 48.1 Å². The van der Waals surface area contributed by atoms with Crippen molar-refractivity contribution < 1.29 is 19.0 Å². The minimum atomic E-state index is -0.435. The van der Waals surface area contributed by atoms with Crippen LogP contribution in [0, 0.1) is 0 Å². The normalized spacial score (nSPS) is 11.7. The number of halogens is 2. The average molecular weight is 497 g/mol. The Hall–Kier alpha value is -2.62. The lowest BCUT2D eigenvalue weighted by Crippen LogP contribution is -2.15. The van der Waals surface area contributed by atoms with E-state index in [0.717, 1.165) is 0 Å². The van der Waals surface area contributed by atoms with E-state index in [1.807, 2.05) is 14.0 Å². The SMILES string of the molecule is COc1ccc(NC(=O)CSc2nnc(C(C)Oc3cc(Cl)ccc3Cl)n2C)c(OC)c1. The fourth-order valence-electron chi connectivity index (χ4n) is 2.83. The summed E-state index contributed by atoms with van der Waals surface area (Å²) < 4.78 is 18.1. The summed E-state index contributed by atoms with van der Waals surface area (Å²) in [5.74, 6) is 2.11. The molecule has 3 aromatic rings. The van der Waals surface area contributed by atoms with E-state index in [4.69, 9.17) is 37.4 Å². The second-order valence-electron chi connectivity index (χ2n) is 6.64. The molecule has 0 fully saturated rings. The molecule has 0 aliphatic rings. The average Bonchev–Trinajstić information content (AvgIpc) is 3.15. The standard InChI is InChI=1S/C21H22Cl2N4O4S/c1-12(31-17-9-13(22)5-7-15(17)23)20-25-26-21(27(20)2)32-11-19(28)24-16-8-6-14(29-3)10-18(16)30-4/h5-10,12H,11H2,1-4H3,(H,24,28). The Labute approximate surface area is 200 Å². The van der Waals surface area contributed by atoms with Crippen molar-refractivity contribution >= 4 is 46.6 Å². The molecule has 1 aromatic heterocycles. The Balaban J connectivity index is 1.62. The predicted octanol–water partition coefficient (Wildman–Crippen LogP) is 5.01. The smallest absolute Gasteiger partial charge is 0.234 e. The molecule has 0 radical (unpaired) electrons. The summed E-state index contributed by atoms with van der Waals surface area (Å²) in [4.78, 5) is 12.4. The molecule has 0 aliphatic heterocycles. The van der Waals surface area contributed by atoms with Crippen LogP contribution in [0.4, 0.5) is 5.69 Å². The van der Waals surface area contributed by atoms with Gasteiger partial charge in [-0.25, -0.2) is 0 Å². The lowest BCUT2D eigenvalue weighted by molar-refractivity contribution is -0.113. The molecule has 1 amide bonds. The van der Waals surface area contributed by atoms with Crippen molar-refractivity contribution in [3.05, 3.63) is 52.3 Å². The zero-order valence-corrected chi connectivity index (χ0v) is 20.2. The van der Waals surface area contributed by atoms with Crippen LogP contribution in [0.3, 0.4) is 0 Å². The highest BCUT2D eigenvalue weighted by Crippen LogP contribution is 2.32. The first-order valence-electron chi connectivity index (χ1n) is 9.48. The number of thioether (sulfide) groups is 1. The topological polar surface area (TPSA) is 87.5 Å². The number of nitrogens with one attached hydrogen (secondary N) is 1. The molecule has 0 aliphatic carbocycles. The minimum Gasteiger partial charge on any atom is -0.497 e. The highest BCUT2D eigenvalue weighted by atomic mass is 35.5. The maximum atomic E-state index is 12.4. The van der Waals surface area contributed by atoms with Gasteiger partial charge in [0.25, 0.3) is 0 Å². The zero-order chi connectivity index (χ0) is 23.3. The van der Waals surface area contributed by atoms with E-state index >= 15 is 0 Å². The number of hydrogen-bond acceptors (Lipinski definition) is 7. The number of hydrogen-bond donors (Lipinski definition) is 1. The van der Waals surface area contributed by atoms with Crippen LogP contribution >= 0.6 is 35.0 Å². The van der Waals surface area contributed by atoms with Gasteiger partial charge in [-0.2, -0.15) is 0 Å². The first kappa shape index (κ1) is 24.0. The van der Waals surface area contributed by atoms with Gasteiger partial charge in [-0.05, 0) is 31.2 Å². The third-order valence-electron chi connectivity index (χ3n) is 4.44. The highest BCUT2D eigenvalue weighted by molar-refractivity contribution is 7.99. The van der Waals surface area contributed by atoms with Gasteiger partial charge < -0.3 is 24.1 Å². The van der Waals surface area contributed by atoms with Crippen LogP contribution in [-0.2, 0) is 11.8 Å². The molecule has 1 N–H and O–H groups in total. The summed E-state index contributed by atoms with van der Waals surface area (Å²) in [5, 5.41) is 12.7. The van der Waals surface area contributed by atoms with Crippen molar-refractivity contribution in [1.82, 2.24) is 14.8 Å².